The van der Waals surface area contributed by atoms with Gasteiger partial charge in [0.2, 0.25) is 5.91 Å². The third kappa shape index (κ3) is 8.36. The Labute approximate surface area is 107 Å². The van der Waals surface area contributed by atoms with E-state index in [2.05, 4.69) is 10.1 Å². The van der Waals surface area contributed by atoms with Crippen molar-refractivity contribution in [1.82, 2.24) is 5.32 Å². The number of hydrogen-bond donors (Lipinski definition) is 2. The second-order valence-electron chi connectivity index (χ2n) is 5.28. The average molecular weight is 266 g/mol. The highest BCUT2D eigenvalue weighted by Gasteiger charge is 2.25. The number of hydrogen-bond acceptors (Lipinski definition) is 3. The molecule has 0 aromatic heterocycles. The largest absolute Gasteiger partial charge is 0.375 e. The molecule has 1 amide bonds. The van der Waals surface area contributed by atoms with Crippen LogP contribution in [0.4, 0.5) is 8.78 Å². The molecule has 6 heteroatoms. The van der Waals surface area contributed by atoms with Crippen LogP contribution < -0.4 is 11.1 Å². The standard InChI is InChI=1S/C12H24F2N2O2/c1-12(2,3)9(4-6-15)16-11(17)5-7-18-8-10(13)14/h9-10H,4-8,15H2,1-3H3,(H,16,17). The van der Waals surface area contributed by atoms with Crippen molar-refractivity contribution in [2.45, 2.75) is 46.1 Å². The zero-order chi connectivity index (χ0) is 14.2. The van der Waals surface area contributed by atoms with E-state index in [0.29, 0.717) is 13.0 Å². The van der Waals surface area contributed by atoms with Crippen molar-refractivity contribution in [3.05, 3.63) is 0 Å². The summed E-state index contributed by atoms with van der Waals surface area (Å²) in [6.07, 6.45) is -1.72. The van der Waals surface area contributed by atoms with Crippen LogP contribution in [0.3, 0.4) is 0 Å². The van der Waals surface area contributed by atoms with E-state index < -0.39 is 13.0 Å². The Morgan fingerprint density at radius 2 is 2.00 bits per heavy atom. The van der Waals surface area contributed by atoms with Crippen LogP contribution >= 0.6 is 0 Å². The first-order valence-corrected chi connectivity index (χ1v) is 6.12. The van der Waals surface area contributed by atoms with Gasteiger partial charge in [0.05, 0.1) is 6.61 Å². The second-order valence-corrected chi connectivity index (χ2v) is 5.28. The van der Waals surface area contributed by atoms with Crippen molar-refractivity contribution in [1.29, 1.82) is 0 Å². The fourth-order valence-corrected chi connectivity index (χ4v) is 1.49. The third-order valence-electron chi connectivity index (χ3n) is 2.55. The molecule has 0 heterocycles. The first-order chi connectivity index (χ1) is 8.27. The molecule has 0 saturated carbocycles. The summed E-state index contributed by atoms with van der Waals surface area (Å²) in [5.41, 5.74) is 5.41. The highest BCUT2D eigenvalue weighted by Crippen LogP contribution is 2.21. The summed E-state index contributed by atoms with van der Waals surface area (Å²) in [6.45, 7) is 5.92. The first kappa shape index (κ1) is 17.2. The van der Waals surface area contributed by atoms with Gasteiger partial charge in [-0.05, 0) is 18.4 Å². The molecule has 0 aromatic rings. The van der Waals surface area contributed by atoms with Gasteiger partial charge in [0.25, 0.3) is 6.43 Å². The van der Waals surface area contributed by atoms with Crippen LogP contribution in [0.15, 0.2) is 0 Å². The number of carbonyl (C=O) groups excluding carboxylic acids is 1. The molecule has 108 valence electrons. The van der Waals surface area contributed by atoms with Crippen LogP contribution in [0.5, 0.6) is 0 Å². The molecule has 3 N–H and O–H groups in total. The van der Waals surface area contributed by atoms with Gasteiger partial charge in [-0.3, -0.25) is 4.79 Å². The molecule has 0 spiro atoms. The van der Waals surface area contributed by atoms with Gasteiger partial charge < -0.3 is 15.8 Å². The summed E-state index contributed by atoms with van der Waals surface area (Å²) in [5.74, 6) is -0.197. The van der Waals surface area contributed by atoms with Gasteiger partial charge in [0.1, 0.15) is 6.61 Å². The molecule has 0 aromatic carbocycles. The topological polar surface area (TPSA) is 64.3 Å². The molecular formula is C12H24F2N2O2. The maximum Gasteiger partial charge on any atom is 0.261 e. The van der Waals surface area contributed by atoms with Crippen molar-refractivity contribution < 1.29 is 18.3 Å². The van der Waals surface area contributed by atoms with E-state index >= 15 is 0 Å². The predicted octanol–water partition coefficient (Wildman–Crippen LogP) is 1.54. The molecule has 0 aliphatic carbocycles. The summed E-state index contributed by atoms with van der Waals surface area (Å²) >= 11 is 0. The summed E-state index contributed by atoms with van der Waals surface area (Å²) in [6, 6.07) is -0.0231. The van der Waals surface area contributed by atoms with Gasteiger partial charge >= 0.3 is 0 Å². The van der Waals surface area contributed by atoms with Crippen LogP contribution in [0, 0.1) is 5.41 Å². The van der Waals surface area contributed by atoms with Gasteiger partial charge in [0, 0.05) is 12.5 Å². The molecule has 1 atom stereocenters. The normalized spacial score (nSPS) is 13.7. The molecule has 4 nitrogen and oxygen atoms in total. The Bertz CT molecular complexity index is 243. The number of nitrogens with one attached hydrogen (secondary N) is 1. The number of carbonyl (C=O) groups is 1. The number of alkyl halides is 2. The van der Waals surface area contributed by atoms with Gasteiger partial charge in [-0.2, -0.15) is 0 Å². The van der Waals surface area contributed by atoms with Gasteiger partial charge in [0.15, 0.2) is 0 Å². The predicted molar refractivity (Wildman–Crippen MR) is 66.5 cm³/mol. The fraction of sp³-hybridized carbons (Fsp3) is 0.917. The highest BCUT2D eigenvalue weighted by atomic mass is 19.3. The Morgan fingerprint density at radius 3 is 2.44 bits per heavy atom. The van der Waals surface area contributed by atoms with E-state index in [-0.39, 0.29) is 30.4 Å². The summed E-state index contributed by atoms with van der Waals surface area (Å²) in [4.78, 5) is 11.6. The van der Waals surface area contributed by atoms with Crippen LogP contribution in [-0.2, 0) is 9.53 Å². The Morgan fingerprint density at radius 1 is 1.39 bits per heavy atom. The lowest BCUT2D eigenvalue weighted by Crippen LogP contribution is -2.45. The molecule has 0 rings (SSSR count). The lowest BCUT2D eigenvalue weighted by atomic mass is 9.84. The molecule has 0 aliphatic rings. The number of rotatable bonds is 8. The molecule has 0 saturated heterocycles. The van der Waals surface area contributed by atoms with Gasteiger partial charge in [-0.1, -0.05) is 20.8 Å². The first-order valence-electron chi connectivity index (χ1n) is 6.12. The number of halogens is 2. The maximum absolute atomic E-state index is 11.8. The molecule has 0 fully saturated rings. The fourth-order valence-electron chi connectivity index (χ4n) is 1.49. The van der Waals surface area contributed by atoms with Crippen molar-refractivity contribution in [3.8, 4) is 0 Å². The van der Waals surface area contributed by atoms with Crippen LogP contribution in [-0.4, -0.2) is 38.1 Å². The van der Waals surface area contributed by atoms with E-state index in [9.17, 15) is 13.6 Å². The quantitative estimate of drug-likeness (QED) is 0.655. The SMILES string of the molecule is CC(C)(C)C(CCN)NC(=O)CCOCC(F)F. The Hall–Kier alpha value is -0.750. The number of nitrogens with two attached hydrogens (primary N) is 1. The average Bonchev–Trinajstić information content (AvgIpc) is 2.22. The van der Waals surface area contributed by atoms with E-state index in [1.165, 1.54) is 0 Å². The van der Waals surface area contributed by atoms with E-state index in [0.717, 1.165) is 0 Å². The van der Waals surface area contributed by atoms with Gasteiger partial charge in [-0.15, -0.1) is 0 Å². The molecule has 0 bridgehead atoms. The zero-order valence-corrected chi connectivity index (χ0v) is 11.3. The summed E-state index contributed by atoms with van der Waals surface area (Å²) in [5, 5.41) is 2.86. The van der Waals surface area contributed by atoms with Crippen LogP contribution in [0.1, 0.15) is 33.6 Å². The van der Waals surface area contributed by atoms with E-state index in [1.54, 1.807) is 0 Å². The van der Waals surface area contributed by atoms with Crippen molar-refractivity contribution in [2.24, 2.45) is 11.1 Å². The molecule has 1 unspecified atom stereocenters. The van der Waals surface area contributed by atoms with Crippen molar-refractivity contribution in [2.75, 3.05) is 19.8 Å². The van der Waals surface area contributed by atoms with E-state index in [4.69, 9.17) is 5.73 Å². The van der Waals surface area contributed by atoms with Crippen LogP contribution in [0.2, 0.25) is 0 Å². The molecule has 0 radical (unpaired) electrons. The highest BCUT2D eigenvalue weighted by molar-refractivity contribution is 5.76. The number of amides is 1. The minimum absolute atomic E-state index is 0.00958. The van der Waals surface area contributed by atoms with Gasteiger partial charge in [-0.25, -0.2) is 8.78 Å². The lowest BCUT2D eigenvalue weighted by Gasteiger charge is -2.31. The summed E-state index contributed by atoms with van der Waals surface area (Å²) < 4.78 is 28.2. The maximum atomic E-state index is 11.8. The van der Waals surface area contributed by atoms with Crippen molar-refractivity contribution >= 4 is 5.91 Å². The third-order valence-corrected chi connectivity index (χ3v) is 2.55. The van der Waals surface area contributed by atoms with Crippen molar-refractivity contribution in [3.63, 3.8) is 0 Å². The minimum Gasteiger partial charge on any atom is -0.375 e. The molecular weight excluding hydrogens is 242 g/mol. The summed E-state index contributed by atoms with van der Waals surface area (Å²) in [7, 11) is 0. The lowest BCUT2D eigenvalue weighted by molar-refractivity contribution is -0.124. The van der Waals surface area contributed by atoms with E-state index in [1.807, 2.05) is 20.8 Å². The Balaban J connectivity index is 3.96. The smallest absolute Gasteiger partial charge is 0.261 e. The van der Waals surface area contributed by atoms with Crippen LogP contribution in [0.25, 0.3) is 0 Å². The minimum atomic E-state index is -2.49. The Kier molecular flexibility index (Phi) is 8.02. The second kappa shape index (κ2) is 8.37. The molecule has 0 aliphatic heterocycles. The number of ether oxygens (including phenoxy) is 1. The zero-order valence-electron chi connectivity index (χ0n) is 11.3. The molecule has 18 heavy (non-hydrogen) atoms. The monoisotopic (exact) mass is 266 g/mol.